The van der Waals surface area contributed by atoms with Gasteiger partial charge in [0.1, 0.15) is 6.04 Å². The van der Waals surface area contributed by atoms with E-state index >= 15 is 0 Å². The van der Waals surface area contributed by atoms with E-state index in [1.165, 1.54) is 0 Å². The molecule has 128 valence electrons. The first-order valence-corrected chi connectivity index (χ1v) is 8.78. The number of rotatable bonds is 4. The van der Waals surface area contributed by atoms with E-state index in [1.54, 1.807) is 12.4 Å². The number of aromatic nitrogens is 1. The molecule has 4 rings (SSSR count). The highest BCUT2D eigenvalue weighted by Gasteiger charge is 2.51. The molecule has 1 aromatic heterocycles. The van der Waals surface area contributed by atoms with Gasteiger partial charge in [-0.1, -0.05) is 18.2 Å². The molecule has 2 heterocycles. The largest absolute Gasteiger partial charge is 0.350 e. The predicted octanol–water partition coefficient (Wildman–Crippen LogP) is 2.39. The maximum absolute atomic E-state index is 13.0. The zero-order chi connectivity index (χ0) is 17.2. The van der Waals surface area contributed by atoms with Crippen molar-refractivity contribution in [3.8, 4) is 0 Å². The summed E-state index contributed by atoms with van der Waals surface area (Å²) in [6.07, 6.45) is 6.38. The molecule has 5 heteroatoms. The van der Waals surface area contributed by atoms with Crippen LogP contribution in [-0.2, 0) is 11.3 Å². The van der Waals surface area contributed by atoms with E-state index in [0.717, 1.165) is 24.8 Å². The van der Waals surface area contributed by atoms with Crippen molar-refractivity contribution < 1.29 is 9.59 Å². The lowest BCUT2D eigenvalue weighted by Gasteiger charge is -2.34. The number of benzene rings is 1. The average Bonchev–Trinajstić information content (AvgIpc) is 3.28. The van der Waals surface area contributed by atoms with Crippen molar-refractivity contribution in [1.82, 2.24) is 15.2 Å². The highest BCUT2D eigenvalue weighted by Crippen LogP contribution is 2.43. The number of fused-ring (bicyclic) bond motifs is 2. The summed E-state index contributed by atoms with van der Waals surface area (Å²) in [7, 11) is 0. The van der Waals surface area contributed by atoms with Crippen LogP contribution in [0, 0.1) is 5.92 Å². The smallest absolute Gasteiger partial charge is 0.254 e. The molecular weight excluding hydrogens is 314 g/mol. The summed E-state index contributed by atoms with van der Waals surface area (Å²) in [5.41, 5.74) is 1.66. The lowest BCUT2D eigenvalue weighted by atomic mass is 9.97. The number of carbonyl (C=O) groups excluding carboxylic acids is 2. The van der Waals surface area contributed by atoms with Crippen LogP contribution in [-0.4, -0.2) is 33.8 Å². The Morgan fingerprint density at radius 1 is 1.08 bits per heavy atom. The maximum Gasteiger partial charge on any atom is 0.254 e. The number of pyridine rings is 1. The molecule has 5 nitrogen and oxygen atoms in total. The Morgan fingerprint density at radius 3 is 2.60 bits per heavy atom. The van der Waals surface area contributed by atoms with Gasteiger partial charge in [0.05, 0.1) is 0 Å². The summed E-state index contributed by atoms with van der Waals surface area (Å²) >= 11 is 0. The molecule has 1 aliphatic carbocycles. The summed E-state index contributed by atoms with van der Waals surface area (Å²) in [5.74, 6) is 0.195. The Kier molecular flexibility index (Phi) is 4.22. The second-order valence-corrected chi connectivity index (χ2v) is 6.82. The Morgan fingerprint density at radius 2 is 1.84 bits per heavy atom. The Bertz CT molecular complexity index is 763. The second-order valence-electron chi connectivity index (χ2n) is 6.82. The summed E-state index contributed by atoms with van der Waals surface area (Å²) < 4.78 is 0. The van der Waals surface area contributed by atoms with Crippen LogP contribution in [0.1, 0.15) is 35.2 Å². The molecule has 3 unspecified atom stereocenters. The summed E-state index contributed by atoms with van der Waals surface area (Å²) in [4.78, 5) is 31.6. The van der Waals surface area contributed by atoms with Gasteiger partial charge in [0.25, 0.3) is 5.91 Å². The third-order valence-corrected chi connectivity index (χ3v) is 5.33. The zero-order valence-electron chi connectivity index (χ0n) is 14.0. The molecule has 1 aromatic carbocycles. The van der Waals surface area contributed by atoms with E-state index < -0.39 is 0 Å². The molecule has 2 amide bonds. The van der Waals surface area contributed by atoms with Crippen LogP contribution in [0.25, 0.3) is 0 Å². The minimum absolute atomic E-state index is 0.0307. The fraction of sp³-hybridized carbons (Fsp3) is 0.350. The Hall–Kier alpha value is -2.69. The molecule has 0 radical (unpaired) electrons. The Balaban J connectivity index is 1.50. The summed E-state index contributed by atoms with van der Waals surface area (Å²) in [5, 5.41) is 3.00. The molecule has 0 spiro atoms. The fourth-order valence-electron chi connectivity index (χ4n) is 4.14. The first kappa shape index (κ1) is 15.8. The van der Waals surface area contributed by atoms with E-state index in [4.69, 9.17) is 0 Å². The Labute approximate surface area is 147 Å². The first-order chi connectivity index (χ1) is 12.2. The van der Waals surface area contributed by atoms with Crippen LogP contribution in [0.4, 0.5) is 0 Å². The van der Waals surface area contributed by atoms with Crippen LogP contribution >= 0.6 is 0 Å². The van der Waals surface area contributed by atoms with Gasteiger partial charge in [0.2, 0.25) is 5.91 Å². The minimum atomic E-state index is -0.353. The number of carbonyl (C=O) groups is 2. The van der Waals surface area contributed by atoms with Crippen molar-refractivity contribution in [2.45, 2.75) is 37.9 Å². The van der Waals surface area contributed by atoms with Gasteiger partial charge in [0, 0.05) is 30.5 Å². The standard InChI is InChI=1S/C20H21N3O2/c24-19(22-13-14-8-10-21-11-9-14)18-16-6-7-17(12-16)23(18)20(25)15-4-2-1-3-5-15/h1-5,8-11,16-18H,6-7,12-13H2,(H,22,24). The predicted molar refractivity (Wildman–Crippen MR) is 93.6 cm³/mol. The quantitative estimate of drug-likeness (QED) is 0.933. The molecule has 2 aromatic rings. The van der Waals surface area contributed by atoms with Gasteiger partial charge in [-0.25, -0.2) is 0 Å². The SMILES string of the molecule is O=C(NCc1ccncc1)C1C2CCC(C2)N1C(=O)c1ccccc1. The van der Waals surface area contributed by atoms with Crippen molar-refractivity contribution in [1.29, 1.82) is 0 Å². The van der Waals surface area contributed by atoms with Gasteiger partial charge < -0.3 is 10.2 Å². The second kappa shape index (κ2) is 6.67. The van der Waals surface area contributed by atoms with Crippen molar-refractivity contribution in [3.05, 3.63) is 66.0 Å². The van der Waals surface area contributed by atoms with E-state index in [2.05, 4.69) is 10.3 Å². The number of hydrogen-bond acceptors (Lipinski definition) is 3. The van der Waals surface area contributed by atoms with E-state index in [-0.39, 0.29) is 29.8 Å². The van der Waals surface area contributed by atoms with E-state index in [0.29, 0.717) is 12.1 Å². The molecule has 1 saturated heterocycles. The van der Waals surface area contributed by atoms with Crippen LogP contribution in [0.2, 0.25) is 0 Å². The molecule has 2 bridgehead atoms. The van der Waals surface area contributed by atoms with Crippen LogP contribution in [0.5, 0.6) is 0 Å². The van der Waals surface area contributed by atoms with Gasteiger partial charge in [0.15, 0.2) is 0 Å². The maximum atomic E-state index is 13.0. The number of piperidine rings is 1. The normalized spacial score (nSPS) is 24.3. The van der Waals surface area contributed by atoms with Crippen molar-refractivity contribution in [2.24, 2.45) is 5.92 Å². The fourth-order valence-corrected chi connectivity index (χ4v) is 4.14. The minimum Gasteiger partial charge on any atom is -0.350 e. The number of nitrogens with one attached hydrogen (secondary N) is 1. The summed E-state index contributed by atoms with van der Waals surface area (Å²) in [6, 6.07) is 12.9. The van der Waals surface area contributed by atoms with Gasteiger partial charge in [-0.3, -0.25) is 14.6 Å². The molecular formula is C20H21N3O2. The monoisotopic (exact) mass is 335 g/mol. The molecule has 2 aliphatic rings. The molecule has 1 saturated carbocycles. The van der Waals surface area contributed by atoms with E-state index in [1.807, 2.05) is 47.4 Å². The average molecular weight is 335 g/mol. The molecule has 1 N–H and O–H groups in total. The highest BCUT2D eigenvalue weighted by molar-refractivity contribution is 5.98. The third-order valence-electron chi connectivity index (χ3n) is 5.33. The van der Waals surface area contributed by atoms with Crippen molar-refractivity contribution >= 4 is 11.8 Å². The molecule has 25 heavy (non-hydrogen) atoms. The van der Waals surface area contributed by atoms with Crippen LogP contribution < -0.4 is 5.32 Å². The lowest BCUT2D eigenvalue weighted by Crippen LogP contribution is -2.52. The number of hydrogen-bond donors (Lipinski definition) is 1. The van der Waals surface area contributed by atoms with Crippen LogP contribution in [0.15, 0.2) is 54.9 Å². The first-order valence-electron chi connectivity index (χ1n) is 8.78. The van der Waals surface area contributed by atoms with E-state index in [9.17, 15) is 9.59 Å². The number of nitrogens with zero attached hydrogens (tertiary/aromatic N) is 2. The highest BCUT2D eigenvalue weighted by atomic mass is 16.2. The molecule has 3 atom stereocenters. The van der Waals surface area contributed by atoms with Gasteiger partial charge in [-0.05, 0) is 55.0 Å². The molecule has 2 fully saturated rings. The topological polar surface area (TPSA) is 62.3 Å². The lowest BCUT2D eigenvalue weighted by molar-refractivity contribution is -0.127. The van der Waals surface area contributed by atoms with Gasteiger partial charge >= 0.3 is 0 Å². The number of amides is 2. The number of likely N-dealkylation sites (tertiary alicyclic amines) is 1. The zero-order valence-corrected chi connectivity index (χ0v) is 14.0. The van der Waals surface area contributed by atoms with Gasteiger partial charge in [-0.15, -0.1) is 0 Å². The molecule has 1 aliphatic heterocycles. The summed E-state index contributed by atoms with van der Waals surface area (Å²) in [6.45, 7) is 0.461. The van der Waals surface area contributed by atoms with Crippen molar-refractivity contribution in [2.75, 3.05) is 0 Å². The third kappa shape index (κ3) is 3.02. The van der Waals surface area contributed by atoms with Crippen LogP contribution in [0.3, 0.4) is 0 Å². The van der Waals surface area contributed by atoms with Gasteiger partial charge in [-0.2, -0.15) is 0 Å². The van der Waals surface area contributed by atoms with Crippen molar-refractivity contribution in [3.63, 3.8) is 0 Å².